The molecular weight excluding hydrogens is 474 g/mol. The molecule has 1 N–H and O–H groups in total. The molecule has 1 aromatic carbocycles. The molecule has 2 spiro atoms. The number of carbonyl (C=O) groups is 1. The summed E-state index contributed by atoms with van der Waals surface area (Å²) in [5.41, 5.74) is 0.687. The lowest BCUT2D eigenvalue weighted by atomic mass is 9.94. The Labute approximate surface area is 219 Å². The van der Waals surface area contributed by atoms with Gasteiger partial charge < -0.3 is 33.7 Å². The lowest BCUT2D eigenvalue weighted by Crippen LogP contribution is -2.58. The SMILES string of the molecule is CCCCCOc1ccc(NC(=O)C2OC3OC4(CCCCC4)OC3C3OC4(CCCCC4)OC23)cc1. The molecule has 0 aromatic heterocycles. The Bertz CT molecular complexity index is 925. The highest BCUT2D eigenvalue weighted by atomic mass is 16.9. The molecule has 0 radical (unpaired) electrons. The second-order valence-corrected chi connectivity index (χ2v) is 11.3. The number of hydrogen-bond donors (Lipinski definition) is 1. The van der Waals surface area contributed by atoms with Crippen LogP contribution in [0.4, 0.5) is 5.69 Å². The maximum atomic E-state index is 13.6. The average Bonchev–Trinajstić information content (AvgIpc) is 3.45. The van der Waals surface area contributed by atoms with Crippen LogP contribution in [0.3, 0.4) is 0 Å². The van der Waals surface area contributed by atoms with E-state index in [0.29, 0.717) is 12.3 Å². The van der Waals surface area contributed by atoms with Crippen LogP contribution >= 0.6 is 0 Å². The molecule has 5 unspecified atom stereocenters. The van der Waals surface area contributed by atoms with Gasteiger partial charge in [-0.05, 0) is 56.4 Å². The lowest BCUT2D eigenvalue weighted by Gasteiger charge is -2.36. The second kappa shape index (κ2) is 10.8. The number of hydrogen-bond acceptors (Lipinski definition) is 7. The number of ether oxygens (including phenoxy) is 6. The molecule has 2 aliphatic carbocycles. The Morgan fingerprint density at radius 1 is 0.838 bits per heavy atom. The molecule has 1 amide bonds. The van der Waals surface area contributed by atoms with Crippen LogP contribution in [0.1, 0.15) is 90.4 Å². The van der Waals surface area contributed by atoms with Gasteiger partial charge in [-0.3, -0.25) is 4.79 Å². The lowest BCUT2D eigenvalue weighted by molar-refractivity contribution is -0.246. The van der Waals surface area contributed by atoms with E-state index in [1.54, 1.807) is 0 Å². The molecule has 1 aromatic rings. The molecule has 37 heavy (non-hydrogen) atoms. The van der Waals surface area contributed by atoms with Gasteiger partial charge in [0.25, 0.3) is 5.91 Å². The van der Waals surface area contributed by atoms with Gasteiger partial charge in [-0.25, -0.2) is 0 Å². The third kappa shape index (κ3) is 5.28. The molecule has 0 bridgehead atoms. The van der Waals surface area contributed by atoms with E-state index >= 15 is 0 Å². The van der Waals surface area contributed by atoms with Crippen molar-refractivity contribution < 1.29 is 33.2 Å². The third-order valence-electron chi connectivity index (χ3n) is 8.51. The van der Waals surface area contributed by atoms with Crippen LogP contribution in [0.25, 0.3) is 0 Å². The van der Waals surface area contributed by atoms with E-state index in [-0.39, 0.29) is 5.91 Å². The zero-order chi connectivity index (χ0) is 25.3. The van der Waals surface area contributed by atoms with Crippen molar-refractivity contribution >= 4 is 11.6 Å². The molecule has 204 valence electrons. The van der Waals surface area contributed by atoms with Crippen LogP contribution in [0, 0.1) is 0 Å². The van der Waals surface area contributed by atoms with Gasteiger partial charge in [0.1, 0.15) is 24.1 Å². The van der Waals surface area contributed by atoms with Crippen LogP contribution in [0.5, 0.6) is 5.75 Å². The maximum absolute atomic E-state index is 13.6. The van der Waals surface area contributed by atoms with Gasteiger partial charge in [-0.2, -0.15) is 0 Å². The highest BCUT2D eigenvalue weighted by Crippen LogP contribution is 2.51. The van der Waals surface area contributed by atoms with E-state index in [9.17, 15) is 4.79 Å². The van der Waals surface area contributed by atoms with Crippen molar-refractivity contribution in [2.75, 3.05) is 11.9 Å². The zero-order valence-corrected chi connectivity index (χ0v) is 22.0. The largest absolute Gasteiger partial charge is 0.494 e. The monoisotopic (exact) mass is 515 g/mol. The molecular formula is C29H41NO7. The number of benzene rings is 1. The fourth-order valence-corrected chi connectivity index (χ4v) is 6.56. The van der Waals surface area contributed by atoms with Crippen molar-refractivity contribution in [1.82, 2.24) is 0 Å². The van der Waals surface area contributed by atoms with Crippen LogP contribution in [-0.2, 0) is 28.5 Å². The minimum absolute atomic E-state index is 0.255. The van der Waals surface area contributed by atoms with Gasteiger partial charge in [-0.1, -0.05) is 32.6 Å². The number of unbranched alkanes of at least 4 members (excludes halogenated alkanes) is 2. The number of nitrogens with one attached hydrogen (secondary N) is 1. The first-order chi connectivity index (χ1) is 18.1. The third-order valence-corrected chi connectivity index (χ3v) is 8.51. The zero-order valence-electron chi connectivity index (χ0n) is 22.0. The van der Waals surface area contributed by atoms with Gasteiger partial charge in [0.05, 0.1) is 6.61 Å². The molecule has 5 atom stereocenters. The first kappa shape index (κ1) is 25.6. The number of fused-ring (bicyclic) bond motifs is 3. The summed E-state index contributed by atoms with van der Waals surface area (Å²) in [4.78, 5) is 13.6. The van der Waals surface area contributed by atoms with Gasteiger partial charge in [-0.15, -0.1) is 0 Å². The quantitative estimate of drug-likeness (QED) is 0.484. The highest BCUT2D eigenvalue weighted by Gasteiger charge is 2.65. The van der Waals surface area contributed by atoms with Crippen molar-refractivity contribution in [3.8, 4) is 5.75 Å². The molecule has 5 fully saturated rings. The fourth-order valence-electron chi connectivity index (χ4n) is 6.56. The fraction of sp³-hybridized carbons (Fsp3) is 0.759. The molecule has 2 saturated carbocycles. The Morgan fingerprint density at radius 3 is 2.14 bits per heavy atom. The van der Waals surface area contributed by atoms with Crippen LogP contribution < -0.4 is 10.1 Å². The number of rotatable bonds is 7. The van der Waals surface area contributed by atoms with E-state index in [1.165, 1.54) is 12.8 Å². The molecule has 6 rings (SSSR count). The summed E-state index contributed by atoms with van der Waals surface area (Å²) in [6.07, 6.45) is 10.5. The molecule has 3 aliphatic heterocycles. The van der Waals surface area contributed by atoms with E-state index in [0.717, 1.165) is 76.4 Å². The van der Waals surface area contributed by atoms with Crippen LogP contribution in [0.15, 0.2) is 24.3 Å². The summed E-state index contributed by atoms with van der Waals surface area (Å²) in [5, 5.41) is 3.02. The van der Waals surface area contributed by atoms with Gasteiger partial charge >= 0.3 is 0 Å². The van der Waals surface area contributed by atoms with Crippen molar-refractivity contribution in [1.29, 1.82) is 0 Å². The smallest absolute Gasteiger partial charge is 0.256 e. The number of amides is 1. The summed E-state index contributed by atoms with van der Waals surface area (Å²) in [6.45, 7) is 2.87. The molecule has 8 heteroatoms. The van der Waals surface area contributed by atoms with E-state index < -0.39 is 42.3 Å². The van der Waals surface area contributed by atoms with Crippen molar-refractivity contribution in [3.05, 3.63) is 24.3 Å². The predicted molar refractivity (Wildman–Crippen MR) is 136 cm³/mol. The van der Waals surface area contributed by atoms with Crippen LogP contribution in [-0.4, -0.2) is 54.8 Å². The van der Waals surface area contributed by atoms with Gasteiger partial charge in [0.15, 0.2) is 24.0 Å². The minimum Gasteiger partial charge on any atom is -0.494 e. The minimum atomic E-state index is -0.847. The molecule has 3 heterocycles. The molecule has 3 saturated heterocycles. The summed E-state index contributed by atoms with van der Waals surface area (Å²) < 4.78 is 38.3. The Balaban J connectivity index is 1.16. The number of anilines is 1. The van der Waals surface area contributed by atoms with Crippen molar-refractivity contribution in [3.63, 3.8) is 0 Å². The normalized spacial score (nSPS) is 33.7. The average molecular weight is 516 g/mol. The Kier molecular flexibility index (Phi) is 7.47. The second-order valence-electron chi connectivity index (χ2n) is 11.3. The van der Waals surface area contributed by atoms with Crippen LogP contribution in [0.2, 0.25) is 0 Å². The van der Waals surface area contributed by atoms with Gasteiger partial charge in [0, 0.05) is 31.4 Å². The summed E-state index contributed by atoms with van der Waals surface area (Å²) in [6, 6.07) is 7.48. The summed E-state index contributed by atoms with van der Waals surface area (Å²) in [5.74, 6) is -0.753. The van der Waals surface area contributed by atoms with Crippen molar-refractivity contribution in [2.24, 2.45) is 0 Å². The number of carbonyl (C=O) groups excluding carboxylic acids is 1. The van der Waals surface area contributed by atoms with Crippen molar-refractivity contribution in [2.45, 2.75) is 133 Å². The topological polar surface area (TPSA) is 84.5 Å². The Hall–Kier alpha value is -1.71. The molecule has 5 aliphatic rings. The Morgan fingerprint density at radius 2 is 1.46 bits per heavy atom. The van der Waals surface area contributed by atoms with Gasteiger partial charge in [0.2, 0.25) is 0 Å². The maximum Gasteiger partial charge on any atom is 0.256 e. The molecule has 8 nitrogen and oxygen atoms in total. The highest BCUT2D eigenvalue weighted by molar-refractivity contribution is 5.94. The standard InChI is InChI=1S/C29H41NO7/c1-2-3-10-19-32-21-13-11-20(12-14-21)30-26(31)24-22-23(35-28(34-22)15-6-4-7-16-28)25-27(33-24)37-29(36-25)17-8-5-9-18-29/h11-14,22-25,27H,2-10,15-19H2,1H3,(H,30,31). The predicted octanol–water partition coefficient (Wildman–Crippen LogP) is 5.44. The van der Waals surface area contributed by atoms with E-state index in [4.69, 9.17) is 28.4 Å². The summed E-state index contributed by atoms with van der Waals surface area (Å²) >= 11 is 0. The van der Waals surface area contributed by atoms with E-state index in [1.807, 2.05) is 24.3 Å². The first-order valence-corrected chi connectivity index (χ1v) is 14.5. The summed E-state index contributed by atoms with van der Waals surface area (Å²) in [7, 11) is 0. The first-order valence-electron chi connectivity index (χ1n) is 14.5. The van der Waals surface area contributed by atoms with E-state index in [2.05, 4.69) is 12.2 Å².